The molecular weight excluding hydrogens is 358 g/mol. The molecule has 1 atom stereocenters. The molecule has 3 aromatic rings. The molecule has 2 aromatic heterocycles. The molecule has 1 aliphatic heterocycles. The topological polar surface area (TPSA) is 81.6 Å². The summed E-state index contributed by atoms with van der Waals surface area (Å²) >= 11 is 0. The third-order valence-corrected chi connectivity index (χ3v) is 4.91. The van der Waals surface area contributed by atoms with Crippen LogP contribution >= 0.6 is 0 Å². The molecule has 0 aliphatic carbocycles. The first-order chi connectivity index (χ1) is 13.7. The van der Waals surface area contributed by atoms with E-state index in [1.165, 1.54) is 0 Å². The number of aryl methyl sites for hydroxylation is 1. The molecule has 1 unspecified atom stereocenters. The fourth-order valence-corrected chi connectivity index (χ4v) is 3.58. The number of rotatable bonds is 7. The van der Waals surface area contributed by atoms with Gasteiger partial charge in [-0.05, 0) is 49.6 Å². The van der Waals surface area contributed by atoms with E-state index < -0.39 is 0 Å². The number of hydrogen-bond donors (Lipinski definition) is 0. The van der Waals surface area contributed by atoms with E-state index in [1.807, 2.05) is 24.0 Å². The number of likely N-dealkylation sites (tertiary alicyclic amines) is 1. The Morgan fingerprint density at radius 2 is 2.14 bits per heavy atom. The summed E-state index contributed by atoms with van der Waals surface area (Å²) in [6.07, 6.45) is 4.30. The van der Waals surface area contributed by atoms with Crippen molar-refractivity contribution in [3.05, 3.63) is 54.1 Å². The van der Waals surface area contributed by atoms with Crippen molar-refractivity contribution in [2.75, 3.05) is 13.2 Å². The molecule has 0 spiro atoms. The number of carbonyl (C=O) groups is 1. The van der Waals surface area contributed by atoms with Crippen LogP contribution < -0.4 is 4.74 Å². The molecule has 4 rings (SSSR count). The normalized spacial score (nSPS) is 16.5. The van der Waals surface area contributed by atoms with E-state index in [0.29, 0.717) is 36.9 Å². The summed E-state index contributed by atoms with van der Waals surface area (Å²) in [7, 11) is 0. The number of benzene rings is 1. The standard InChI is InChI=1S/C21H23N3O4/c1-2-26-16-9-7-15(8-10-16)17-5-3-13-24(17)20(25)12-11-19-22-21(23-28-19)18-6-4-14-27-18/h4,6-10,14,17H,2-3,5,11-13H2,1H3. The van der Waals surface area contributed by atoms with Gasteiger partial charge in [-0.3, -0.25) is 4.79 Å². The molecule has 1 amide bonds. The maximum Gasteiger partial charge on any atom is 0.238 e. The molecule has 146 valence electrons. The molecule has 1 aliphatic rings. The van der Waals surface area contributed by atoms with Crippen LogP contribution in [0.1, 0.15) is 43.7 Å². The monoisotopic (exact) mass is 381 g/mol. The van der Waals surface area contributed by atoms with E-state index in [2.05, 4.69) is 22.3 Å². The van der Waals surface area contributed by atoms with Gasteiger partial charge in [0.25, 0.3) is 0 Å². The largest absolute Gasteiger partial charge is 0.494 e. The van der Waals surface area contributed by atoms with E-state index in [1.54, 1.807) is 18.4 Å². The van der Waals surface area contributed by atoms with E-state index >= 15 is 0 Å². The summed E-state index contributed by atoms with van der Waals surface area (Å²) in [6, 6.07) is 11.7. The third-order valence-electron chi connectivity index (χ3n) is 4.91. The number of carbonyl (C=O) groups excluding carboxylic acids is 1. The first-order valence-corrected chi connectivity index (χ1v) is 9.63. The summed E-state index contributed by atoms with van der Waals surface area (Å²) in [5.74, 6) is 2.36. The highest BCUT2D eigenvalue weighted by atomic mass is 16.5. The minimum absolute atomic E-state index is 0.106. The first-order valence-electron chi connectivity index (χ1n) is 9.63. The molecule has 0 bridgehead atoms. The van der Waals surface area contributed by atoms with Gasteiger partial charge in [-0.25, -0.2) is 0 Å². The number of aromatic nitrogens is 2. The van der Waals surface area contributed by atoms with Crippen molar-refractivity contribution in [1.82, 2.24) is 15.0 Å². The molecule has 0 radical (unpaired) electrons. The van der Waals surface area contributed by atoms with E-state index in [9.17, 15) is 4.79 Å². The number of hydrogen-bond acceptors (Lipinski definition) is 6. The summed E-state index contributed by atoms with van der Waals surface area (Å²) in [5, 5.41) is 3.90. The Labute approximate surface area is 163 Å². The Morgan fingerprint density at radius 1 is 1.29 bits per heavy atom. The van der Waals surface area contributed by atoms with Gasteiger partial charge in [-0.1, -0.05) is 17.3 Å². The van der Waals surface area contributed by atoms with Crippen LogP contribution in [0, 0.1) is 0 Å². The van der Waals surface area contributed by atoms with Gasteiger partial charge in [-0.2, -0.15) is 4.98 Å². The van der Waals surface area contributed by atoms with Gasteiger partial charge in [0.15, 0.2) is 5.76 Å². The fourth-order valence-electron chi connectivity index (χ4n) is 3.58. The summed E-state index contributed by atoms with van der Waals surface area (Å²) in [5.41, 5.74) is 1.15. The molecule has 7 heteroatoms. The van der Waals surface area contributed by atoms with Gasteiger partial charge < -0.3 is 18.6 Å². The minimum Gasteiger partial charge on any atom is -0.494 e. The van der Waals surface area contributed by atoms with Gasteiger partial charge in [0, 0.05) is 19.4 Å². The van der Waals surface area contributed by atoms with Crippen molar-refractivity contribution in [3.8, 4) is 17.3 Å². The fraction of sp³-hybridized carbons (Fsp3) is 0.381. The van der Waals surface area contributed by atoms with Crippen LogP contribution in [0.3, 0.4) is 0 Å². The number of furan rings is 1. The molecule has 28 heavy (non-hydrogen) atoms. The average molecular weight is 381 g/mol. The molecule has 3 heterocycles. The third kappa shape index (κ3) is 3.93. The molecule has 1 saturated heterocycles. The second kappa shape index (κ2) is 8.29. The number of ether oxygens (including phenoxy) is 1. The van der Waals surface area contributed by atoms with Gasteiger partial charge in [0.1, 0.15) is 5.75 Å². The van der Waals surface area contributed by atoms with Gasteiger partial charge in [-0.15, -0.1) is 0 Å². The van der Waals surface area contributed by atoms with Crippen molar-refractivity contribution >= 4 is 5.91 Å². The lowest BCUT2D eigenvalue weighted by atomic mass is 10.0. The maximum atomic E-state index is 12.8. The lowest BCUT2D eigenvalue weighted by Crippen LogP contribution is -2.30. The SMILES string of the molecule is CCOc1ccc(C2CCCN2C(=O)CCc2nc(-c3ccco3)no2)cc1. The van der Waals surface area contributed by atoms with Crippen LogP contribution in [0.5, 0.6) is 5.75 Å². The smallest absolute Gasteiger partial charge is 0.238 e. The Bertz CT molecular complexity index is 902. The predicted octanol–water partition coefficient (Wildman–Crippen LogP) is 4.02. The number of nitrogens with zero attached hydrogens (tertiary/aromatic N) is 3. The van der Waals surface area contributed by atoms with Crippen molar-refractivity contribution in [1.29, 1.82) is 0 Å². The quantitative estimate of drug-likeness (QED) is 0.615. The Morgan fingerprint density at radius 3 is 2.89 bits per heavy atom. The second-order valence-corrected chi connectivity index (χ2v) is 6.74. The van der Waals surface area contributed by atoms with Crippen molar-refractivity contribution in [3.63, 3.8) is 0 Å². The molecule has 0 saturated carbocycles. The highest BCUT2D eigenvalue weighted by Gasteiger charge is 2.30. The Balaban J connectivity index is 1.37. The highest BCUT2D eigenvalue weighted by molar-refractivity contribution is 5.77. The van der Waals surface area contributed by atoms with Crippen molar-refractivity contribution in [2.45, 2.75) is 38.6 Å². The lowest BCUT2D eigenvalue weighted by molar-refractivity contribution is -0.132. The molecule has 0 N–H and O–H groups in total. The van der Waals surface area contributed by atoms with E-state index in [4.69, 9.17) is 13.7 Å². The molecule has 1 aromatic carbocycles. The molecule has 7 nitrogen and oxygen atoms in total. The second-order valence-electron chi connectivity index (χ2n) is 6.74. The zero-order valence-corrected chi connectivity index (χ0v) is 15.8. The van der Waals surface area contributed by atoms with E-state index in [-0.39, 0.29) is 11.9 Å². The first kappa shape index (κ1) is 18.3. The molecule has 1 fully saturated rings. The summed E-state index contributed by atoms with van der Waals surface area (Å²) in [6.45, 7) is 3.38. The van der Waals surface area contributed by atoms with Crippen LogP contribution in [0.15, 0.2) is 51.6 Å². The van der Waals surface area contributed by atoms with Crippen molar-refractivity contribution in [2.24, 2.45) is 0 Å². The van der Waals surface area contributed by atoms with Gasteiger partial charge in [0.2, 0.25) is 17.6 Å². The predicted molar refractivity (Wildman–Crippen MR) is 102 cm³/mol. The van der Waals surface area contributed by atoms with Crippen molar-refractivity contribution < 1.29 is 18.5 Å². The Kier molecular flexibility index (Phi) is 5.41. The lowest BCUT2D eigenvalue weighted by Gasteiger charge is -2.25. The van der Waals surface area contributed by atoms with E-state index in [0.717, 1.165) is 30.7 Å². The van der Waals surface area contributed by atoms with Crippen LogP contribution in [0.4, 0.5) is 0 Å². The average Bonchev–Trinajstić information content (AvgIpc) is 3.48. The zero-order chi connectivity index (χ0) is 19.3. The van der Waals surface area contributed by atoms with Crippen LogP contribution in [-0.4, -0.2) is 34.1 Å². The highest BCUT2D eigenvalue weighted by Crippen LogP contribution is 2.33. The van der Waals surface area contributed by atoms with Gasteiger partial charge >= 0.3 is 0 Å². The minimum atomic E-state index is 0.106. The zero-order valence-electron chi connectivity index (χ0n) is 15.8. The summed E-state index contributed by atoms with van der Waals surface area (Å²) in [4.78, 5) is 19.1. The number of amides is 1. The maximum absolute atomic E-state index is 12.8. The van der Waals surface area contributed by atoms with Gasteiger partial charge in [0.05, 0.1) is 18.9 Å². The van der Waals surface area contributed by atoms with Crippen LogP contribution in [-0.2, 0) is 11.2 Å². The summed E-state index contributed by atoms with van der Waals surface area (Å²) < 4.78 is 16.0. The van der Waals surface area contributed by atoms with Crippen LogP contribution in [0.2, 0.25) is 0 Å². The molecular formula is C21H23N3O4. The van der Waals surface area contributed by atoms with Crippen LogP contribution in [0.25, 0.3) is 11.6 Å². The Hall–Kier alpha value is -3.09.